The number of hydrogen-bond acceptors (Lipinski definition) is 2. The molecule has 0 amide bonds. The number of nitrogens with zero attached hydrogens (tertiary/aromatic N) is 1. The van der Waals surface area contributed by atoms with Gasteiger partial charge in [-0.05, 0) is 54.8 Å². The number of ether oxygens (including phenoxy) is 1. The van der Waals surface area contributed by atoms with Gasteiger partial charge in [-0.1, -0.05) is 36.7 Å². The fraction of sp³-hybridized carbons (Fsp3) is 0.391. The largest absolute Gasteiger partial charge is 0.487 e. The van der Waals surface area contributed by atoms with Crippen molar-refractivity contribution in [2.45, 2.75) is 38.4 Å². The minimum Gasteiger partial charge on any atom is -0.487 e. The van der Waals surface area contributed by atoms with E-state index in [1.54, 1.807) is 12.1 Å². The van der Waals surface area contributed by atoms with Crippen LogP contribution in [0.4, 0.5) is 22.0 Å². The number of benzene rings is 2. The van der Waals surface area contributed by atoms with Crippen LogP contribution in [0.15, 0.2) is 48.7 Å². The number of nitrogens with one attached hydrogen (secondary N) is 1. The van der Waals surface area contributed by atoms with Crippen molar-refractivity contribution in [3.05, 3.63) is 64.8 Å². The lowest BCUT2D eigenvalue weighted by molar-refractivity contribution is -0.290. The lowest BCUT2D eigenvalue weighted by atomic mass is 10.1. The number of halogens is 6. The number of H-pyrrole nitrogens is 1. The first-order valence-electron chi connectivity index (χ1n) is 10.2. The molecule has 1 aromatic heterocycles. The molecule has 2 aromatic carbocycles. The maximum absolute atomic E-state index is 13.1. The molecule has 1 N–H and O–H groups in total. The van der Waals surface area contributed by atoms with Crippen molar-refractivity contribution < 1.29 is 26.7 Å². The molecule has 174 valence electrons. The van der Waals surface area contributed by atoms with Gasteiger partial charge in [0.15, 0.2) is 6.61 Å². The van der Waals surface area contributed by atoms with Crippen LogP contribution >= 0.6 is 11.6 Å². The molecule has 0 fully saturated rings. The zero-order chi connectivity index (χ0) is 23.4. The van der Waals surface area contributed by atoms with E-state index < -0.39 is 18.7 Å². The van der Waals surface area contributed by atoms with Crippen LogP contribution in [-0.2, 0) is 13.0 Å². The maximum Gasteiger partial charge on any atom is 0.456 e. The molecule has 0 saturated carbocycles. The zero-order valence-corrected chi connectivity index (χ0v) is 18.2. The maximum atomic E-state index is 13.1. The molecular weight excluding hydrogens is 451 g/mol. The van der Waals surface area contributed by atoms with Crippen molar-refractivity contribution in [1.29, 1.82) is 0 Å². The van der Waals surface area contributed by atoms with Gasteiger partial charge in [-0.3, -0.25) is 4.90 Å². The quantitative estimate of drug-likeness (QED) is 0.325. The molecule has 0 saturated heterocycles. The molecule has 1 heterocycles. The normalized spacial score (nSPS) is 12.6. The monoisotopic (exact) mass is 474 g/mol. The molecule has 0 aliphatic carbocycles. The molecule has 3 aromatic rings. The predicted octanol–water partition coefficient (Wildman–Crippen LogP) is 6.85. The third-order valence-electron chi connectivity index (χ3n) is 5.11. The number of fused-ring (bicyclic) bond motifs is 1. The Labute approximate surface area is 188 Å². The van der Waals surface area contributed by atoms with Crippen molar-refractivity contribution in [3.63, 3.8) is 0 Å². The summed E-state index contributed by atoms with van der Waals surface area (Å²) in [7, 11) is 0. The van der Waals surface area contributed by atoms with E-state index in [4.69, 9.17) is 16.3 Å². The lowest BCUT2D eigenvalue weighted by Gasteiger charge is -2.22. The van der Waals surface area contributed by atoms with Crippen LogP contribution in [0, 0.1) is 0 Å². The minimum absolute atomic E-state index is 0.0172. The molecule has 0 radical (unpaired) electrons. The van der Waals surface area contributed by atoms with Gasteiger partial charge in [0.25, 0.3) is 0 Å². The van der Waals surface area contributed by atoms with Gasteiger partial charge in [-0.25, -0.2) is 0 Å². The van der Waals surface area contributed by atoms with Crippen LogP contribution in [0.2, 0.25) is 5.02 Å². The average molecular weight is 475 g/mol. The highest BCUT2D eigenvalue weighted by Crippen LogP contribution is 2.35. The van der Waals surface area contributed by atoms with Crippen LogP contribution in [0.5, 0.6) is 5.75 Å². The van der Waals surface area contributed by atoms with E-state index in [9.17, 15) is 22.0 Å². The summed E-state index contributed by atoms with van der Waals surface area (Å²) in [6.07, 6.45) is -1.98. The van der Waals surface area contributed by atoms with Gasteiger partial charge in [0, 0.05) is 35.2 Å². The molecule has 0 unspecified atom stereocenters. The minimum atomic E-state index is -5.64. The second-order valence-corrected chi connectivity index (χ2v) is 8.10. The second kappa shape index (κ2) is 10.1. The van der Waals surface area contributed by atoms with Crippen LogP contribution < -0.4 is 4.74 Å². The molecule has 9 heteroatoms. The highest BCUT2D eigenvalue weighted by molar-refractivity contribution is 6.31. The Bertz CT molecular complexity index is 1030. The van der Waals surface area contributed by atoms with Gasteiger partial charge in [0.05, 0.1) is 0 Å². The van der Waals surface area contributed by atoms with Crippen molar-refractivity contribution >= 4 is 22.5 Å². The summed E-state index contributed by atoms with van der Waals surface area (Å²) in [6, 6.07) is 12.0. The highest BCUT2D eigenvalue weighted by atomic mass is 35.5. The van der Waals surface area contributed by atoms with E-state index in [2.05, 4.69) is 16.8 Å². The Morgan fingerprint density at radius 3 is 2.53 bits per heavy atom. The molecule has 32 heavy (non-hydrogen) atoms. The summed E-state index contributed by atoms with van der Waals surface area (Å²) in [6.45, 7) is 2.39. The lowest BCUT2D eigenvalue weighted by Crippen LogP contribution is -2.41. The van der Waals surface area contributed by atoms with Gasteiger partial charge in [-0.2, -0.15) is 22.0 Å². The molecule has 0 spiro atoms. The van der Waals surface area contributed by atoms with Crippen LogP contribution in [0.1, 0.15) is 24.5 Å². The summed E-state index contributed by atoms with van der Waals surface area (Å²) >= 11 is 6.03. The van der Waals surface area contributed by atoms with E-state index >= 15 is 0 Å². The fourth-order valence-corrected chi connectivity index (χ4v) is 3.65. The zero-order valence-electron chi connectivity index (χ0n) is 17.5. The second-order valence-electron chi connectivity index (χ2n) is 7.67. The van der Waals surface area contributed by atoms with E-state index in [0.717, 1.165) is 48.0 Å². The third-order valence-corrected chi connectivity index (χ3v) is 5.34. The van der Waals surface area contributed by atoms with Crippen LogP contribution in [0.25, 0.3) is 10.9 Å². The van der Waals surface area contributed by atoms with Crippen molar-refractivity contribution in [1.82, 2.24) is 9.88 Å². The summed E-state index contributed by atoms with van der Waals surface area (Å²) < 4.78 is 68.0. The first kappa shape index (κ1) is 24.3. The van der Waals surface area contributed by atoms with Gasteiger partial charge in [0.2, 0.25) is 0 Å². The number of aromatic amines is 1. The number of alkyl halides is 5. The van der Waals surface area contributed by atoms with E-state index in [1.165, 1.54) is 12.1 Å². The molecule has 3 rings (SSSR count). The number of rotatable bonds is 10. The van der Waals surface area contributed by atoms with E-state index in [1.807, 2.05) is 24.4 Å². The molecule has 0 atom stereocenters. The summed E-state index contributed by atoms with van der Waals surface area (Å²) in [4.78, 5) is 5.42. The molecule has 3 nitrogen and oxygen atoms in total. The molecular formula is C23H24ClF5N2O. The SMILES string of the molecule is CCCN(CCc1c[nH]c2cc(Cl)ccc12)Cc1cccc(OCC(F)(F)C(F)(F)F)c1. The summed E-state index contributed by atoms with van der Waals surface area (Å²) in [5.41, 5.74) is 2.90. The molecule has 0 aliphatic heterocycles. The van der Waals surface area contributed by atoms with E-state index in [0.29, 0.717) is 11.6 Å². The fourth-order valence-electron chi connectivity index (χ4n) is 3.48. The topological polar surface area (TPSA) is 28.3 Å². The Kier molecular flexibility index (Phi) is 7.67. The van der Waals surface area contributed by atoms with Crippen LogP contribution in [0.3, 0.4) is 0 Å². The van der Waals surface area contributed by atoms with Crippen molar-refractivity contribution in [2.75, 3.05) is 19.7 Å². The van der Waals surface area contributed by atoms with Gasteiger partial charge >= 0.3 is 12.1 Å². The standard InChI is InChI=1S/C23H24ClF5N2O/c1-2-9-31(10-8-17-13-30-21-12-18(24)6-7-20(17)21)14-16-4-3-5-19(11-16)32-15-22(25,26)23(27,28)29/h3-7,11-13,30H,2,8-10,14-15H2,1H3. The Morgan fingerprint density at radius 1 is 1.03 bits per heavy atom. The average Bonchev–Trinajstić information content (AvgIpc) is 3.12. The third kappa shape index (κ3) is 6.13. The van der Waals surface area contributed by atoms with Gasteiger partial charge in [-0.15, -0.1) is 0 Å². The first-order valence-corrected chi connectivity index (χ1v) is 10.6. The smallest absolute Gasteiger partial charge is 0.456 e. The predicted molar refractivity (Wildman–Crippen MR) is 116 cm³/mol. The van der Waals surface area contributed by atoms with Gasteiger partial charge in [0.1, 0.15) is 5.75 Å². The van der Waals surface area contributed by atoms with Gasteiger partial charge < -0.3 is 9.72 Å². The van der Waals surface area contributed by atoms with Crippen molar-refractivity contribution in [2.24, 2.45) is 0 Å². The van der Waals surface area contributed by atoms with Crippen LogP contribution in [-0.4, -0.2) is 41.7 Å². The Morgan fingerprint density at radius 2 is 1.81 bits per heavy atom. The number of aromatic nitrogens is 1. The van der Waals surface area contributed by atoms with Crippen molar-refractivity contribution in [3.8, 4) is 5.75 Å². The summed E-state index contributed by atoms with van der Waals surface area (Å²) in [5, 5.41) is 1.76. The molecule has 0 aliphatic rings. The first-order chi connectivity index (χ1) is 15.1. The number of hydrogen-bond donors (Lipinski definition) is 1. The Balaban J connectivity index is 1.63. The molecule has 0 bridgehead atoms. The summed E-state index contributed by atoms with van der Waals surface area (Å²) in [5.74, 6) is -4.92. The Hall–Kier alpha value is -2.32. The highest BCUT2D eigenvalue weighted by Gasteiger charge is 2.58. The van der Waals surface area contributed by atoms with E-state index in [-0.39, 0.29) is 5.75 Å².